The molecule has 0 amide bonds. The zero-order valence-corrected chi connectivity index (χ0v) is 9.48. The molecule has 1 aromatic carbocycles. The number of hydrogen-bond donors (Lipinski definition) is 0. The fourth-order valence-corrected chi connectivity index (χ4v) is 2.17. The third-order valence-corrected chi connectivity index (χ3v) is 3.33. The lowest BCUT2D eigenvalue weighted by molar-refractivity contribution is -0.0503. The van der Waals surface area contributed by atoms with Gasteiger partial charge in [0.1, 0.15) is 0 Å². The Labute approximate surface area is 86.1 Å². The quantitative estimate of drug-likeness (QED) is 0.661. The first kappa shape index (κ1) is 9.72. The topological polar surface area (TPSA) is 9.23 Å². The van der Waals surface area contributed by atoms with Crippen LogP contribution < -0.4 is 0 Å². The van der Waals surface area contributed by atoms with Crippen molar-refractivity contribution in [1.29, 1.82) is 0 Å². The molecule has 1 nitrogen and oxygen atoms in total. The van der Waals surface area contributed by atoms with Crippen molar-refractivity contribution in [2.45, 2.75) is 33.1 Å². The van der Waals surface area contributed by atoms with Crippen LogP contribution >= 0.6 is 0 Å². The summed E-state index contributed by atoms with van der Waals surface area (Å²) in [4.78, 5) is 0. The first-order valence-electron chi connectivity index (χ1n) is 5.19. The molecular formula is C13H18O. The molecule has 1 fully saturated rings. The van der Waals surface area contributed by atoms with Crippen LogP contribution in [0, 0.1) is 20.8 Å². The minimum Gasteiger partial charge on any atom is -0.379 e. The predicted molar refractivity (Wildman–Crippen MR) is 58.8 cm³/mol. The first-order chi connectivity index (χ1) is 6.53. The van der Waals surface area contributed by atoms with Crippen LogP contribution in [-0.2, 0) is 10.2 Å². The highest BCUT2D eigenvalue weighted by Crippen LogP contribution is 2.34. The minimum atomic E-state index is 0.266. The molecule has 1 aromatic rings. The molecule has 0 aliphatic carbocycles. The van der Waals surface area contributed by atoms with E-state index in [0.717, 1.165) is 13.2 Å². The van der Waals surface area contributed by atoms with Gasteiger partial charge in [-0.15, -0.1) is 0 Å². The van der Waals surface area contributed by atoms with E-state index in [1.807, 2.05) is 0 Å². The number of aryl methyl sites for hydroxylation is 3. The van der Waals surface area contributed by atoms with Gasteiger partial charge in [0, 0.05) is 5.41 Å². The van der Waals surface area contributed by atoms with Crippen LogP contribution in [0.25, 0.3) is 0 Å². The molecule has 0 unspecified atom stereocenters. The Balaban J connectivity index is 2.48. The Kier molecular flexibility index (Phi) is 2.15. The van der Waals surface area contributed by atoms with Gasteiger partial charge in [-0.25, -0.2) is 0 Å². The fraction of sp³-hybridized carbons (Fsp3) is 0.538. The summed E-state index contributed by atoms with van der Waals surface area (Å²) in [6, 6.07) is 4.61. The van der Waals surface area contributed by atoms with Crippen molar-refractivity contribution in [3.8, 4) is 0 Å². The van der Waals surface area contributed by atoms with Crippen molar-refractivity contribution < 1.29 is 4.74 Å². The number of benzene rings is 1. The molecule has 0 N–H and O–H groups in total. The van der Waals surface area contributed by atoms with Crippen molar-refractivity contribution >= 4 is 0 Å². The van der Waals surface area contributed by atoms with Gasteiger partial charge >= 0.3 is 0 Å². The molecular weight excluding hydrogens is 172 g/mol. The Bertz CT molecular complexity index is 362. The number of ether oxygens (including phenoxy) is 1. The molecule has 0 spiro atoms. The number of rotatable bonds is 1. The Morgan fingerprint density at radius 2 is 1.57 bits per heavy atom. The normalized spacial score (nSPS) is 19.1. The van der Waals surface area contributed by atoms with E-state index < -0.39 is 0 Å². The summed E-state index contributed by atoms with van der Waals surface area (Å²) < 4.78 is 5.32. The molecule has 0 atom stereocenters. The second kappa shape index (κ2) is 3.09. The molecule has 0 radical (unpaired) electrons. The second-order valence-corrected chi connectivity index (χ2v) is 4.80. The van der Waals surface area contributed by atoms with Gasteiger partial charge in [-0.2, -0.15) is 0 Å². The Morgan fingerprint density at radius 3 is 2.07 bits per heavy atom. The van der Waals surface area contributed by atoms with Gasteiger partial charge in [-0.3, -0.25) is 0 Å². The van der Waals surface area contributed by atoms with Crippen molar-refractivity contribution in [2.24, 2.45) is 0 Å². The predicted octanol–water partition coefficient (Wildman–Crippen LogP) is 2.90. The first-order valence-corrected chi connectivity index (χ1v) is 5.19. The third kappa shape index (κ3) is 1.36. The lowest BCUT2D eigenvalue weighted by Crippen LogP contribution is -2.44. The lowest BCUT2D eigenvalue weighted by atomic mass is 9.77. The Hall–Kier alpha value is -0.820. The summed E-state index contributed by atoms with van der Waals surface area (Å²) >= 11 is 0. The van der Waals surface area contributed by atoms with Gasteiger partial charge in [0.2, 0.25) is 0 Å². The molecule has 1 heterocycles. The van der Waals surface area contributed by atoms with Crippen molar-refractivity contribution in [1.82, 2.24) is 0 Å². The fourth-order valence-electron chi connectivity index (χ4n) is 2.17. The van der Waals surface area contributed by atoms with E-state index in [9.17, 15) is 0 Å². The maximum atomic E-state index is 5.32. The van der Waals surface area contributed by atoms with Crippen LogP contribution in [0.4, 0.5) is 0 Å². The summed E-state index contributed by atoms with van der Waals surface area (Å²) in [6.45, 7) is 10.6. The second-order valence-electron chi connectivity index (χ2n) is 4.80. The van der Waals surface area contributed by atoms with E-state index in [1.54, 1.807) is 0 Å². The smallest absolute Gasteiger partial charge is 0.0583 e. The van der Waals surface area contributed by atoms with E-state index in [2.05, 4.69) is 39.8 Å². The van der Waals surface area contributed by atoms with E-state index in [4.69, 9.17) is 4.74 Å². The Morgan fingerprint density at radius 1 is 1.00 bits per heavy atom. The molecule has 1 saturated heterocycles. The standard InChI is InChI=1S/C13H18O/c1-9-5-11(3)12(6-10(9)2)13(4)7-14-8-13/h5-6H,7-8H2,1-4H3. The van der Waals surface area contributed by atoms with Crippen LogP contribution in [0.15, 0.2) is 12.1 Å². The molecule has 2 rings (SSSR count). The monoisotopic (exact) mass is 190 g/mol. The van der Waals surface area contributed by atoms with Crippen LogP contribution in [-0.4, -0.2) is 13.2 Å². The van der Waals surface area contributed by atoms with Crippen LogP contribution in [0.1, 0.15) is 29.2 Å². The van der Waals surface area contributed by atoms with Crippen molar-refractivity contribution in [3.05, 3.63) is 34.4 Å². The van der Waals surface area contributed by atoms with Crippen LogP contribution in [0.3, 0.4) is 0 Å². The molecule has 0 bridgehead atoms. The van der Waals surface area contributed by atoms with Gasteiger partial charge in [0.05, 0.1) is 13.2 Å². The van der Waals surface area contributed by atoms with E-state index >= 15 is 0 Å². The summed E-state index contributed by atoms with van der Waals surface area (Å²) in [5.41, 5.74) is 5.90. The lowest BCUT2D eigenvalue weighted by Gasteiger charge is -2.40. The van der Waals surface area contributed by atoms with Crippen molar-refractivity contribution in [3.63, 3.8) is 0 Å². The maximum Gasteiger partial charge on any atom is 0.0583 e. The molecule has 1 aliphatic rings. The molecule has 14 heavy (non-hydrogen) atoms. The van der Waals surface area contributed by atoms with E-state index in [1.165, 1.54) is 22.3 Å². The molecule has 76 valence electrons. The zero-order valence-electron chi connectivity index (χ0n) is 9.48. The summed E-state index contributed by atoms with van der Waals surface area (Å²) in [5, 5.41) is 0. The minimum absolute atomic E-state index is 0.266. The highest BCUT2D eigenvalue weighted by atomic mass is 16.5. The van der Waals surface area contributed by atoms with E-state index in [0.29, 0.717) is 0 Å². The highest BCUT2D eigenvalue weighted by Gasteiger charge is 2.36. The summed E-state index contributed by atoms with van der Waals surface area (Å²) in [5.74, 6) is 0. The molecule has 1 aliphatic heterocycles. The number of hydrogen-bond acceptors (Lipinski definition) is 1. The van der Waals surface area contributed by atoms with Crippen LogP contribution in [0.2, 0.25) is 0 Å². The van der Waals surface area contributed by atoms with Gasteiger partial charge in [-0.1, -0.05) is 19.1 Å². The van der Waals surface area contributed by atoms with Gasteiger partial charge in [-0.05, 0) is 43.0 Å². The van der Waals surface area contributed by atoms with Gasteiger partial charge in [0.15, 0.2) is 0 Å². The van der Waals surface area contributed by atoms with Crippen molar-refractivity contribution in [2.75, 3.05) is 13.2 Å². The summed E-state index contributed by atoms with van der Waals surface area (Å²) in [6.07, 6.45) is 0. The van der Waals surface area contributed by atoms with Gasteiger partial charge in [0.25, 0.3) is 0 Å². The highest BCUT2D eigenvalue weighted by molar-refractivity contribution is 5.41. The third-order valence-electron chi connectivity index (χ3n) is 3.33. The van der Waals surface area contributed by atoms with Gasteiger partial charge < -0.3 is 4.74 Å². The summed E-state index contributed by atoms with van der Waals surface area (Å²) in [7, 11) is 0. The molecule has 0 aromatic heterocycles. The van der Waals surface area contributed by atoms with Crippen LogP contribution in [0.5, 0.6) is 0 Å². The maximum absolute atomic E-state index is 5.32. The molecule has 1 heteroatoms. The zero-order chi connectivity index (χ0) is 10.3. The van der Waals surface area contributed by atoms with E-state index in [-0.39, 0.29) is 5.41 Å². The average molecular weight is 190 g/mol. The molecule has 0 saturated carbocycles. The largest absolute Gasteiger partial charge is 0.379 e. The SMILES string of the molecule is Cc1cc(C)c(C2(C)COC2)cc1C. The average Bonchev–Trinajstić information content (AvgIpc) is 2.07.